The first kappa shape index (κ1) is 24.6. The number of amides is 1. The minimum absolute atomic E-state index is 0.0526. The molecule has 30 heavy (non-hydrogen) atoms. The maximum absolute atomic E-state index is 12.4. The number of aliphatic hydroxyl groups excluding tert-OH is 1. The average molecular weight is 422 g/mol. The van der Waals surface area contributed by atoms with Gasteiger partial charge in [-0.3, -0.25) is 0 Å². The number of aliphatic hydroxyl groups is 1. The Morgan fingerprint density at radius 1 is 1.17 bits per heavy atom. The maximum Gasteiger partial charge on any atom is 0.407 e. The van der Waals surface area contributed by atoms with Crippen molar-refractivity contribution in [2.24, 2.45) is 5.92 Å². The Bertz CT molecular complexity index is 711. The standard InChI is InChI=1S/C24H39NO5/c1-15(2)13-19(25-22(27)30-24(6,7)8)20(26)17-10-9-16(23(3,4)5)14-18(17)21-28-11-12-29-21/h9-10,14-15,19-21,26H,11-13H2,1-8H3,(H,25,27)/t19-,20+/m1/s1. The number of hydrogen-bond acceptors (Lipinski definition) is 5. The lowest BCUT2D eigenvalue weighted by molar-refractivity contribution is -0.0466. The highest BCUT2D eigenvalue weighted by atomic mass is 16.7. The van der Waals surface area contributed by atoms with E-state index in [2.05, 4.69) is 46.0 Å². The Morgan fingerprint density at radius 2 is 1.77 bits per heavy atom. The summed E-state index contributed by atoms with van der Waals surface area (Å²) in [5.41, 5.74) is 1.99. The molecule has 1 saturated heterocycles. The van der Waals surface area contributed by atoms with Crippen LogP contribution in [0.4, 0.5) is 4.79 Å². The van der Waals surface area contributed by atoms with Crippen LogP contribution in [0, 0.1) is 5.92 Å². The zero-order chi connectivity index (χ0) is 22.7. The van der Waals surface area contributed by atoms with Gasteiger partial charge in [0.05, 0.1) is 25.4 Å². The monoisotopic (exact) mass is 421 g/mol. The van der Waals surface area contributed by atoms with Gasteiger partial charge in [0.15, 0.2) is 6.29 Å². The van der Waals surface area contributed by atoms with Crippen molar-refractivity contribution in [2.75, 3.05) is 13.2 Å². The van der Waals surface area contributed by atoms with E-state index < -0.39 is 30.1 Å². The average Bonchev–Trinajstić information content (AvgIpc) is 3.11. The van der Waals surface area contributed by atoms with Gasteiger partial charge in [-0.2, -0.15) is 0 Å². The summed E-state index contributed by atoms with van der Waals surface area (Å²) in [5.74, 6) is 0.274. The van der Waals surface area contributed by atoms with Crippen molar-refractivity contribution in [1.82, 2.24) is 5.32 Å². The highest BCUT2D eigenvalue weighted by molar-refractivity contribution is 5.68. The van der Waals surface area contributed by atoms with E-state index in [-0.39, 0.29) is 11.3 Å². The molecule has 1 amide bonds. The smallest absolute Gasteiger partial charge is 0.407 e. The molecule has 2 N–H and O–H groups in total. The van der Waals surface area contributed by atoms with Crippen LogP contribution < -0.4 is 5.32 Å². The molecule has 1 aliphatic rings. The van der Waals surface area contributed by atoms with Crippen LogP contribution >= 0.6 is 0 Å². The summed E-state index contributed by atoms with van der Waals surface area (Å²) in [7, 11) is 0. The summed E-state index contributed by atoms with van der Waals surface area (Å²) in [6.45, 7) is 17.0. The molecular formula is C24H39NO5. The third kappa shape index (κ3) is 6.96. The third-order valence-corrected chi connectivity index (χ3v) is 4.96. The molecule has 2 rings (SSSR count). The Balaban J connectivity index is 2.37. The van der Waals surface area contributed by atoms with Crippen molar-refractivity contribution >= 4 is 6.09 Å². The molecule has 0 bridgehead atoms. The number of nitrogens with one attached hydrogen (secondary N) is 1. The molecule has 1 heterocycles. The first-order valence-electron chi connectivity index (χ1n) is 10.8. The van der Waals surface area contributed by atoms with Crippen LogP contribution in [0.3, 0.4) is 0 Å². The number of alkyl carbamates (subject to hydrolysis) is 1. The van der Waals surface area contributed by atoms with Gasteiger partial charge in [-0.1, -0.05) is 46.8 Å². The molecule has 0 aliphatic carbocycles. The summed E-state index contributed by atoms with van der Waals surface area (Å²) in [5, 5.41) is 14.2. The molecule has 0 aromatic heterocycles. The van der Waals surface area contributed by atoms with Crippen LogP contribution in [-0.2, 0) is 19.6 Å². The molecular weight excluding hydrogens is 382 g/mol. The number of hydrogen-bond donors (Lipinski definition) is 2. The van der Waals surface area contributed by atoms with Crippen molar-refractivity contribution in [3.63, 3.8) is 0 Å². The van der Waals surface area contributed by atoms with E-state index in [9.17, 15) is 9.90 Å². The number of rotatable bonds is 6. The zero-order valence-corrected chi connectivity index (χ0v) is 19.7. The number of ether oxygens (including phenoxy) is 3. The summed E-state index contributed by atoms with van der Waals surface area (Å²) in [4.78, 5) is 12.4. The van der Waals surface area contributed by atoms with Crippen LogP contribution in [0.2, 0.25) is 0 Å². The molecule has 1 aliphatic heterocycles. The van der Waals surface area contributed by atoms with E-state index in [1.165, 1.54) is 0 Å². The minimum Gasteiger partial charge on any atom is -0.444 e. The minimum atomic E-state index is -0.920. The molecule has 0 unspecified atom stereocenters. The predicted octanol–water partition coefficient (Wildman–Crippen LogP) is 5.00. The van der Waals surface area contributed by atoms with Crippen molar-refractivity contribution in [1.29, 1.82) is 0 Å². The number of benzene rings is 1. The van der Waals surface area contributed by atoms with Crippen molar-refractivity contribution in [3.05, 3.63) is 34.9 Å². The first-order valence-corrected chi connectivity index (χ1v) is 10.8. The largest absolute Gasteiger partial charge is 0.444 e. The maximum atomic E-state index is 12.4. The number of carbonyl (C=O) groups excluding carboxylic acids is 1. The molecule has 1 aromatic rings. The van der Waals surface area contributed by atoms with Gasteiger partial charge in [0.2, 0.25) is 0 Å². The van der Waals surface area contributed by atoms with Gasteiger partial charge in [-0.15, -0.1) is 0 Å². The highest BCUT2D eigenvalue weighted by Crippen LogP contribution is 2.36. The lowest BCUT2D eigenvalue weighted by Gasteiger charge is -2.30. The van der Waals surface area contributed by atoms with Gasteiger partial charge >= 0.3 is 6.09 Å². The summed E-state index contributed by atoms with van der Waals surface area (Å²) in [6.07, 6.45) is -1.36. The SMILES string of the molecule is CC(C)C[C@@H](NC(=O)OC(C)(C)C)[C@@H](O)c1ccc(C(C)(C)C)cc1C1OCCO1. The molecule has 1 aromatic carbocycles. The highest BCUT2D eigenvalue weighted by Gasteiger charge is 2.32. The van der Waals surface area contributed by atoms with Crippen LogP contribution in [-0.4, -0.2) is 36.1 Å². The first-order chi connectivity index (χ1) is 13.8. The molecule has 0 spiro atoms. The third-order valence-electron chi connectivity index (χ3n) is 4.96. The van der Waals surface area contributed by atoms with E-state index >= 15 is 0 Å². The van der Waals surface area contributed by atoms with Gasteiger partial charge in [0.25, 0.3) is 0 Å². The van der Waals surface area contributed by atoms with Gasteiger partial charge in [0, 0.05) is 5.56 Å². The second-order valence-electron chi connectivity index (χ2n) is 10.5. The summed E-state index contributed by atoms with van der Waals surface area (Å²) >= 11 is 0. The lowest BCUT2D eigenvalue weighted by Crippen LogP contribution is -2.43. The van der Waals surface area contributed by atoms with E-state index in [1.807, 2.05) is 32.9 Å². The molecule has 6 heteroatoms. The molecule has 0 radical (unpaired) electrons. The Morgan fingerprint density at radius 3 is 2.27 bits per heavy atom. The molecule has 170 valence electrons. The molecule has 1 fully saturated rings. The van der Waals surface area contributed by atoms with E-state index in [0.717, 1.165) is 11.1 Å². The van der Waals surface area contributed by atoms with Gasteiger partial charge in [-0.05, 0) is 55.7 Å². The summed E-state index contributed by atoms with van der Waals surface area (Å²) in [6, 6.07) is 5.50. The van der Waals surface area contributed by atoms with Crippen molar-refractivity contribution < 1.29 is 24.1 Å². The Hall–Kier alpha value is -1.63. The van der Waals surface area contributed by atoms with Crippen LogP contribution in [0.5, 0.6) is 0 Å². The van der Waals surface area contributed by atoms with E-state index in [4.69, 9.17) is 14.2 Å². The quantitative estimate of drug-likeness (QED) is 0.676. The fraction of sp³-hybridized carbons (Fsp3) is 0.708. The Kier molecular flexibility index (Phi) is 7.94. The van der Waals surface area contributed by atoms with Gasteiger partial charge in [-0.25, -0.2) is 4.79 Å². The van der Waals surface area contributed by atoms with Crippen LogP contribution in [0.25, 0.3) is 0 Å². The van der Waals surface area contributed by atoms with Crippen molar-refractivity contribution in [3.8, 4) is 0 Å². The van der Waals surface area contributed by atoms with Crippen molar-refractivity contribution in [2.45, 2.75) is 91.3 Å². The van der Waals surface area contributed by atoms with Gasteiger partial charge < -0.3 is 24.6 Å². The normalized spacial score (nSPS) is 17.8. The number of carbonyl (C=O) groups is 1. The fourth-order valence-corrected chi connectivity index (χ4v) is 3.50. The topological polar surface area (TPSA) is 77.0 Å². The fourth-order valence-electron chi connectivity index (χ4n) is 3.50. The lowest BCUT2D eigenvalue weighted by atomic mass is 9.83. The molecule has 6 nitrogen and oxygen atoms in total. The van der Waals surface area contributed by atoms with E-state index in [1.54, 1.807) is 0 Å². The Labute approximate surface area is 181 Å². The van der Waals surface area contributed by atoms with E-state index in [0.29, 0.717) is 25.2 Å². The predicted molar refractivity (Wildman–Crippen MR) is 117 cm³/mol. The zero-order valence-electron chi connectivity index (χ0n) is 19.7. The molecule has 0 saturated carbocycles. The second-order valence-corrected chi connectivity index (χ2v) is 10.5. The molecule has 2 atom stereocenters. The second kappa shape index (κ2) is 9.67. The van der Waals surface area contributed by atoms with Crippen LogP contribution in [0.15, 0.2) is 18.2 Å². The van der Waals surface area contributed by atoms with Gasteiger partial charge in [0.1, 0.15) is 5.60 Å². The van der Waals surface area contributed by atoms with Crippen LogP contribution in [0.1, 0.15) is 90.9 Å². The summed E-state index contributed by atoms with van der Waals surface area (Å²) < 4.78 is 16.9.